The maximum atomic E-state index is 11.5. The number of hydrogen-bond acceptors (Lipinski definition) is 2. The molecule has 0 aromatic heterocycles. The SMILES string of the molecule is CC1(C)CCC(C)(C)c2cc(C(O)c3ccccc3C(=O)O)ccc21. The molecule has 1 atom stereocenters. The molecule has 0 saturated carbocycles. The third kappa shape index (κ3) is 3.09. The highest BCUT2D eigenvalue weighted by Gasteiger charge is 2.37. The summed E-state index contributed by atoms with van der Waals surface area (Å²) >= 11 is 0. The summed E-state index contributed by atoms with van der Waals surface area (Å²) in [5, 5.41) is 20.3. The molecule has 2 N–H and O–H groups in total. The molecule has 0 bridgehead atoms. The van der Waals surface area contributed by atoms with Crippen LogP contribution in [-0.2, 0) is 10.8 Å². The summed E-state index contributed by atoms with van der Waals surface area (Å²) in [6.45, 7) is 9.00. The van der Waals surface area contributed by atoms with Gasteiger partial charge in [0.2, 0.25) is 0 Å². The Morgan fingerprint density at radius 2 is 1.56 bits per heavy atom. The zero-order valence-corrected chi connectivity index (χ0v) is 15.3. The molecule has 3 nitrogen and oxygen atoms in total. The van der Waals surface area contributed by atoms with Crippen LogP contribution in [0.4, 0.5) is 0 Å². The summed E-state index contributed by atoms with van der Waals surface area (Å²) in [5.41, 5.74) is 4.08. The number of carbonyl (C=O) groups is 1. The normalized spacial score (nSPS) is 19.1. The largest absolute Gasteiger partial charge is 0.478 e. The van der Waals surface area contributed by atoms with E-state index in [0.29, 0.717) is 5.56 Å². The topological polar surface area (TPSA) is 57.5 Å². The van der Waals surface area contributed by atoms with Crippen LogP contribution in [0.3, 0.4) is 0 Å². The van der Waals surface area contributed by atoms with E-state index in [2.05, 4.69) is 39.8 Å². The number of rotatable bonds is 3. The second-order valence-electron chi connectivity index (χ2n) is 8.37. The molecule has 0 amide bonds. The van der Waals surface area contributed by atoms with Crippen molar-refractivity contribution in [1.82, 2.24) is 0 Å². The van der Waals surface area contributed by atoms with Crippen molar-refractivity contribution in [2.24, 2.45) is 0 Å². The lowest BCUT2D eigenvalue weighted by Crippen LogP contribution is -2.34. The molecular formula is C22H26O3. The number of hydrogen-bond donors (Lipinski definition) is 2. The second kappa shape index (κ2) is 5.99. The number of aliphatic hydroxyl groups excluding tert-OH is 1. The monoisotopic (exact) mass is 338 g/mol. The molecule has 2 aromatic rings. The lowest BCUT2D eigenvalue weighted by molar-refractivity contribution is 0.0691. The van der Waals surface area contributed by atoms with Gasteiger partial charge in [-0.2, -0.15) is 0 Å². The van der Waals surface area contributed by atoms with Crippen LogP contribution >= 0.6 is 0 Å². The Balaban J connectivity index is 2.10. The van der Waals surface area contributed by atoms with Crippen molar-refractivity contribution in [3.63, 3.8) is 0 Å². The Kier molecular flexibility index (Phi) is 4.24. The molecule has 0 heterocycles. The molecule has 3 rings (SSSR count). The van der Waals surface area contributed by atoms with E-state index in [4.69, 9.17) is 0 Å². The molecule has 0 radical (unpaired) electrons. The zero-order chi connectivity index (χ0) is 18.4. The first-order valence-corrected chi connectivity index (χ1v) is 8.79. The maximum absolute atomic E-state index is 11.5. The van der Waals surface area contributed by atoms with Gasteiger partial charge in [-0.25, -0.2) is 4.79 Å². The van der Waals surface area contributed by atoms with Gasteiger partial charge < -0.3 is 10.2 Å². The van der Waals surface area contributed by atoms with E-state index in [9.17, 15) is 15.0 Å². The van der Waals surface area contributed by atoms with Crippen molar-refractivity contribution in [3.05, 3.63) is 70.3 Å². The van der Waals surface area contributed by atoms with Crippen LogP contribution < -0.4 is 0 Å². The molecule has 1 aliphatic carbocycles. The van der Waals surface area contributed by atoms with Crippen molar-refractivity contribution < 1.29 is 15.0 Å². The zero-order valence-electron chi connectivity index (χ0n) is 15.3. The van der Waals surface area contributed by atoms with E-state index in [1.165, 1.54) is 17.2 Å². The van der Waals surface area contributed by atoms with Gasteiger partial charge in [0.25, 0.3) is 0 Å². The average molecular weight is 338 g/mol. The molecule has 25 heavy (non-hydrogen) atoms. The molecule has 0 aliphatic heterocycles. The van der Waals surface area contributed by atoms with Crippen LogP contribution in [0.25, 0.3) is 0 Å². The number of fused-ring (bicyclic) bond motifs is 1. The lowest BCUT2D eigenvalue weighted by atomic mass is 9.63. The van der Waals surface area contributed by atoms with Crippen LogP contribution in [-0.4, -0.2) is 16.2 Å². The molecule has 2 aromatic carbocycles. The number of aliphatic hydroxyl groups is 1. The fraction of sp³-hybridized carbons (Fsp3) is 0.409. The molecule has 0 saturated heterocycles. The molecule has 3 heteroatoms. The minimum absolute atomic E-state index is 0.0485. The first kappa shape index (κ1) is 17.7. The Morgan fingerprint density at radius 3 is 2.20 bits per heavy atom. The Hall–Kier alpha value is -2.13. The van der Waals surface area contributed by atoms with Gasteiger partial charge in [0.15, 0.2) is 0 Å². The van der Waals surface area contributed by atoms with Gasteiger partial charge in [-0.3, -0.25) is 0 Å². The van der Waals surface area contributed by atoms with Gasteiger partial charge in [0, 0.05) is 0 Å². The van der Waals surface area contributed by atoms with Crippen molar-refractivity contribution >= 4 is 5.97 Å². The van der Waals surface area contributed by atoms with E-state index in [-0.39, 0.29) is 16.4 Å². The van der Waals surface area contributed by atoms with Gasteiger partial charge in [-0.15, -0.1) is 0 Å². The summed E-state index contributed by atoms with van der Waals surface area (Å²) in [4.78, 5) is 11.5. The average Bonchev–Trinajstić information content (AvgIpc) is 2.58. The molecule has 1 aliphatic rings. The highest BCUT2D eigenvalue weighted by Crippen LogP contribution is 2.46. The minimum atomic E-state index is -1.02. The molecule has 1 unspecified atom stereocenters. The number of aromatic carboxylic acids is 1. The highest BCUT2D eigenvalue weighted by atomic mass is 16.4. The van der Waals surface area contributed by atoms with Crippen molar-refractivity contribution in [2.45, 2.75) is 57.5 Å². The Labute approximate surface area is 149 Å². The van der Waals surface area contributed by atoms with Gasteiger partial charge in [-0.1, -0.05) is 64.1 Å². The quantitative estimate of drug-likeness (QED) is 0.844. The van der Waals surface area contributed by atoms with Crippen LogP contribution in [0.15, 0.2) is 42.5 Å². The first-order valence-electron chi connectivity index (χ1n) is 8.79. The van der Waals surface area contributed by atoms with Crippen molar-refractivity contribution in [1.29, 1.82) is 0 Å². The van der Waals surface area contributed by atoms with Gasteiger partial charge >= 0.3 is 5.97 Å². The van der Waals surface area contributed by atoms with E-state index < -0.39 is 12.1 Å². The fourth-order valence-corrected chi connectivity index (χ4v) is 3.89. The predicted molar refractivity (Wildman–Crippen MR) is 99.2 cm³/mol. The first-order chi connectivity index (χ1) is 11.6. The summed E-state index contributed by atoms with van der Waals surface area (Å²) in [5.74, 6) is -1.02. The van der Waals surface area contributed by atoms with E-state index in [0.717, 1.165) is 18.4 Å². The number of benzene rings is 2. The Bertz CT molecular complexity index is 818. The number of carboxylic acids is 1. The van der Waals surface area contributed by atoms with E-state index >= 15 is 0 Å². The summed E-state index contributed by atoms with van der Waals surface area (Å²) < 4.78 is 0. The molecule has 0 spiro atoms. The van der Waals surface area contributed by atoms with Gasteiger partial charge in [-0.05, 0) is 52.0 Å². The van der Waals surface area contributed by atoms with Crippen LogP contribution in [0.2, 0.25) is 0 Å². The van der Waals surface area contributed by atoms with Crippen LogP contribution in [0.1, 0.15) is 79.3 Å². The molecule has 132 valence electrons. The predicted octanol–water partition coefficient (Wildman–Crippen LogP) is 4.82. The minimum Gasteiger partial charge on any atom is -0.478 e. The summed E-state index contributed by atoms with van der Waals surface area (Å²) in [7, 11) is 0. The summed E-state index contributed by atoms with van der Waals surface area (Å²) in [6.07, 6.45) is 1.29. The maximum Gasteiger partial charge on any atom is 0.336 e. The van der Waals surface area contributed by atoms with Crippen LogP contribution in [0, 0.1) is 0 Å². The second-order valence-corrected chi connectivity index (χ2v) is 8.37. The van der Waals surface area contributed by atoms with Gasteiger partial charge in [0.1, 0.15) is 6.10 Å². The smallest absolute Gasteiger partial charge is 0.336 e. The Morgan fingerprint density at radius 1 is 0.960 bits per heavy atom. The van der Waals surface area contributed by atoms with Crippen LogP contribution in [0.5, 0.6) is 0 Å². The van der Waals surface area contributed by atoms with Crippen molar-refractivity contribution in [2.75, 3.05) is 0 Å². The third-order valence-corrected chi connectivity index (χ3v) is 5.68. The van der Waals surface area contributed by atoms with Crippen molar-refractivity contribution in [3.8, 4) is 0 Å². The van der Waals surface area contributed by atoms with E-state index in [1.54, 1.807) is 18.2 Å². The van der Waals surface area contributed by atoms with Gasteiger partial charge in [0.05, 0.1) is 5.56 Å². The van der Waals surface area contributed by atoms with E-state index in [1.807, 2.05) is 6.07 Å². The molecular weight excluding hydrogens is 312 g/mol. The fourth-order valence-electron chi connectivity index (χ4n) is 3.89. The highest BCUT2D eigenvalue weighted by molar-refractivity contribution is 5.89. The molecule has 0 fully saturated rings. The standard InChI is InChI=1S/C22H26O3/c1-21(2)11-12-22(3,4)18-13-14(9-10-17(18)21)19(23)15-7-5-6-8-16(15)20(24)25/h5-10,13,19,23H,11-12H2,1-4H3,(H,24,25). The number of carboxylic acid groups (broad SMARTS) is 1. The third-order valence-electron chi connectivity index (χ3n) is 5.68. The lowest BCUT2D eigenvalue weighted by Gasteiger charge is -2.42. The summed E-state index contributed by atoms with van der Waals surface area (Å²) in [6, 6.07) is 12.8.